The number of aliphatic hydroxyl groups excluding tert-OH is 1. The Labute approximate surface area is 99.9 Å². The highest BCUT2D eigenvalue weighted by Gasteiger charge is 2.18. The van der Waals surface area contributed by atoms with E-state index in [9.17, 15) is 4.79 Å². The van der Waals surface area contributed by atoms with Crippen molar-refractivity contribution in [1.29, 1.82) is 0 Å². The summed E-state index contributed by atoms with van der Waals surface area (Å²) in [6.07, 6.45) is 3.81. The molecule has 0 radical (unpaired) electrons. The molecule has 2 rings (SSSR count). The van der Waals surface area contributed by atoms with Crippen LogP contribution in [-0.4, -0.2) is 65.6 Å². The molecule has 1 saturated heterocycles. The van der Waals surface area contributed by atoms with Gasteiger partial charge in [0.05, 0.1) is 12.2 Å². The minimum atomic E-state index is 0.199. The van der Waals surface area contributed by atoms with Gasteiger partial charge in [0.2, 0.25) is 5.95 Å². The van der Waals surface area contributed by atoms with Crippen molar-refractivity contribution in [2.75, 3.05) is 44.2 Å². The monoisotopic (exact) mass is 236 g/mol. The zero-order valence-corrected chi connectivity index (χ0v) is 9.62. The number of rotatable bonds is 4. The molecule has 92 valence electrons. The van der Waals surface area contributed by atoms with Gasteiger partial charge < -0.3 is 10.0 Å². The fourth-order valence-corrected chi connectivity index (χ4v) is 1.87. The van der Waals surface area contributed by atoms with Crippen LogP contribution < -0.4 is 4.90 Å². The van der Waals surface area contributed by atoms with Crippen molar-refractivity contribution in [1.82, 2.24) is 14.9 Å². The van der Waals surface area contributed by atoms with Crippen molar-refractivity contribution in [3.63, 3.8) is 0 Å². The lowest BCUT2D eigenvalue weighted by Gasteiger charge is -2.34. The first kappa shape index (κ1) is 11.9. The van der Waals surface area contributed by atoms with E-state index in [4.69, 9.17) is 5.11 Å². The topological polar surface area (TPSA) is 69.6 Å². The van der Waals surface area contributed by atoms with E-state index in [1.807, 2.05) is 0 Å². The van der Waals surface area contributed by atoms with Gasteiger partial charge in [0.1, 0.15) is 0 Å². The number of anilines is 1. The number of aldehydes is 1. The lowest BCUT2D eigenvalue weighted by atomic mass is 10.3. The molecule has 2 heterocycles. The number of aromatic nitrogens is 2. The van der Waals surface area contributed by atoms with E-state index < -0.39 is 0 Å². The molecule has 1 aromatic heterocycles. The Balaban J connectivity index is 1.93. The number of β-amino-alcohol motifs (C(OH)–C–C–N with tert-alkyl or cyclic N) is 1. The largest absolute Gasteiger partial charge is 0.395 e. The Hall–Kier alpha value is -1.53. The van der Waals surface area contributed by atoms with Gasteiger partial charge >= 0.3 is 0 Å². The molecule has 0 aromatic carbocycles. The molecule has 0 amide bonds. The van der Waals surface area contributed by atoms with Crippen LogP contribution in [0.15, 0.2) is 12.4 Å². The van der Waals surface area contributed by atoms with Crippen LogP contribution in [0.1, 0.15) is 10.4 Å². The Morgan fingerprint density at radius 2 is 1.88 bits per heavy atom. The average Bonchev–Trinajstić information content (AvgIpc) is 2.40. The minimum absolute atomic E-state index is 0.199. The van der Waals surface area contributed by atoms with Gasteiger partial charge in [0.25, 0.3) is 0 Å². The van der Waals surface area contributed by atoms with Crippen LogP contribution in [-0.2, 0) is 0 Å². The maximum Gasteiger partial charge on any atom is 0.225 e. The quantitative estimate of drug-likeness (QED) is 0.704. The summed E-state index contributed by atoms with van der Waals surface area (Å²) in [7, 11) is 0. The van der Waals surface area contributed by atoms with Crippen LogP contribution in [0.3, 0.4) is 0 Å². The van der Waals surface area contributed by atoms with E-state index in [0.29, 0.717) is 11.5 Å². The standard InChI is InChI=1S/C11H16N4O2/c16-6-5-14-1-3-15(4-2-14)11-12-7-10(9-17)8-13-11/h7-9,16H,1-6H2. The summed E-state index contributed by atoms with van der Waals surface area (Å²) >= 11 is 0. The first-order chi connectivity index (χ1) is 8.33. The summed E-state index contributed by atoms with van der Waals surface area (Å²) in [6.45, 7) is 4.42. The van der Waals surface area contributed by atoms with Crippen LogP contribution in [0, 0.1) is 0 Å². The van der Waals surface area contributed by atoms with Crippen molar-refractivity contribution >= 4 is 12.2 Å². The lowest BCUT2D eigenvalue weighted by molar-refractivity contribution is 0.112. The third kappa shape index (κ3) is 2.98. The third-order valence-corrected chi connectivity index (χ3v) is 2.87. The van der Waals surface area contributed by atoms with Gasteiger partial charge in [-0.2, -0.15) is 0 Å². The van der Waals surface area contributed by atoms with Crippen LogP contribution >= 0.6 is 0 Å². The molecule has 0 bridgehead atoms. The molecular formula is C11H16N4O2. The predicted octanol–water partition coefficient (Wildman–Crippen LogP) is -0.597. The summed E-state index contributed by atoms with van der Waals surface area (Å²) in [5, 5.41) is 8.85. The fraction of sp³-hybridized carbons (Fsp3) is 0.545. The second-order valence-electron chi connectivity index (χ2n) is 3.99. The number of hydrogen-bond acceptors (Lipinski definition) is 6. The molecule has 1 N–H and O–H groups in total. The van der Waals surface area contributed by atoms with Crippen molar-refractivity contribution < 1.29 is 9.90 Å². The zero-order chi connectivity index (χ0) is 12.1. The summed E-state index contributed by atoms with van der Waals surface area (Å²) in [6, 6.07) is 0. The van der Waals surface area contributed by atoms with Crippen LogP contribution in [0.2, 0.25) is 0 Å². The predicted molar refractivity (Wildman–Crippen MR) is 63.2 cm³/mol. The molecule has 0 aliphatic carbocycles. The van der Waals surface area contributed by atoms with Gasteiger partial charge in [0.15, 0.2) is 6.29 Å². The van der Waals surface area contributed by atoms with Gasteiger partial charge in [-0.05, 0) is 0 Å². The second-order valence-corrected chi connectivity index (χ2v) is 3.99. The molecular weight excluding hydrogens is 220 g/mol. The molecule has 0 saturated carbocycles. The molecule has 0 unspecified atom stereocenters. The normalized spacial score (nSPS) is 17.1. The Kier molecular flexibility index (Phi) is 4.00. The number of hydrogen-bond donors (Lipinski definition) is 1. The lowest BCUT2D eigenvalue weighted by Crippen LogP contribution is -2.47. The molecule has 0 atom stereocenters. The molecule has 6 nitrogen and oxygen atoms in total. The highest BCUT2D eigenvalue weighted by atomic mass is 16.3. The fourth-order valence-electron chi connectivity index (χ4n) is 1.87. The Morgan fingerprint density at radius 1 is 1.24 bits per heavy atom. The van der Waals surface area contributed by atoms with Gasteiger partial charge in [-0.15, -0.1) is 0 Å². The Morgan fingerprint density at radius 3 is 2.41 bits per heavy atom. The van der Waals surface area contributed by atoms with E-state index in [1.165, 1.54) is 12.4 Å². The van der Waals surface area contributed by atoms with Crippen molar-refractivity contribution in [2.45, 2.75) is 0 Å². The van der Waals surface area contributed by atoms with Gasteiger partial charge in [-0.3, -0.25) is 9.69 Å². The highest BCUT2D eigenvalue weighted by molar-refractivity contribution is 5.73. The van der Waals surface area contributed by atoms with E-state index in [-0.39, 0.29) is 6.61 Å². The van der Waals surface area contributed by atoms with Gasteiger partial charge in [-0.1, -0.05) is 0 Å². The zero-order valence-electron chi connectivity index (χ0n) is 9.62. The van der Waals surface area contributed by atoms with Crippen LogP contribution in [0.25, 0.3) is 0 Å². The first-order valence-corrected chi connectivity index (χ1v) is 5.69. The maximum absolute atomic E-state index is 10.5. The first-order valence-electron chi connectivity index (χ1n) is 5.69. The summed E-state index contributed by atoms with van der Waals surface area (Å²) in [5.74, 6) is 0.666. The molecule has 1 aromatic rings. The second kappa shape index (κ2) is 5.70. The van der Waals surface area contributed by atoms with Crippen LogP contribution in [0.4, 0.5) is 5.95 Å². The number of piperazine rings is 1. The van der Waals surface area contributed by atoms with Crippen molar-refractivity contribution in [3.8, 4) is 0 Å². The molecule has 1 aliphatic rings. The SMILES string of the molecule is O=Cc1cnc(N2CCN(CCO)CC2)nc1. The Bertz CT molecular complexity index is 360. The van der Waals surface area contributed by atoms with Gasteiger partial charge in [0, 0.05) is 45.1 Å². The van der Waals surface area contributed by atoms with E-state index in [1.54, 1.807) is 0 Å². The molecule has 6 heteroatoms. The van der Waals surface area contributed by atoms with E-state index in [0.717, 1.165) is 39.0 Å². The summed E-state index contributed by atoms with van der Waals surface area (Å²) < 4.78 is 0. The van der Waals surface area contributed by atoms with Gasteiger partial charge in [-0.25, -0.2) is 9.97 Å². The van der Waals surface area contributed by atoms with Crippen molar-refractivity contribution in [2.24, 2.45) is 0 Å². The molecule has 1 aliphatic heterocycles. The maximum atomic E-state index is 10.5. The number of nitrogens with zero attached hydrogens (tertiary/aromatic N) is 4. The number of aliphatic hydroxyl groups is 1. The average molecular weight is 236 g/mol. The summed E-state index contributed by atoms with van der Waals surface area (Å²) in [4.78, 5) is 23.1. The molecule has 0 spiro atoms. The minimum Gasteiger partial charge on any atom is -0.395 e. The molecule has 1 fully saturated rings. The van der Waals surface area contributed by atoms with Crippen molar-refractivity contribution in [3.05, 3.63) is 18.0 Å². The summed E-state index contributed by atoms with van der Waals surface area (Å²) in [5.41, 5.74) is 0.493. The number of carbonyl (C=O) groups is 1. The smallest absolute Gasteiger partial charge is 0.225 e. The van der Waals surface area contributed by atoms with Crippen LogP contribution in [0.5, 0.6) is 0 Å². The van der Waals surface area contributed by atoms with E-state index in [2.05, 4.69) is 19.8 Å². The van der Waals surface area contributed by atoms with E-state index >= 15 is 0 Å². The molecule has 17 heavy (non-hydrogen) atoms. The number of carbonyl (C=O) groups excluding carboxylic acids is 1. The third-order valence-electron chi connectivity index (χ3n) is 2.87. The highest BCUT2D eigenvalue weighted by Crippen LogP contribution is 2.10.